The average molecular weight is 772 g/mol. The van der Waals surface area contributed by atoms with Crippen molar-refractivity contribution in [3.05, 3.63) is 48.1 Å². The van der Waals surface area contributed by atoms with Gasteiger partial charge in [0.25, 0.3) is 0 Å². The summed E-state index contributed by atoms with van der Waals surface area (Å²) in [6, 6.07) is 0. The third kappa shape index (κ3) is 13.8. The zero-order valence-corrected chi connectivity index (χ0v) is 36.8. The second kappa shape index (κ2) is 22.2. The quantitative estimate of drug-likeness (QED) is 0.0782. The van der Waals surface area contributed by atoms with Crippen LogP contribution in [0.3, 0.4) is 0 Å². The van der Waals surface area contributed by atoms with Crippen molar-refractivity contribution in [2.24, 2.45) is 58.7 Å². The monoisotopic (exact) mass is 772 g/mol. The summed E-state index contributed by atoms with van der Waals surface area (Å²) < 4.78 is 6.71. The summed E-state index contributed by atoms with van der Waals surface area (Å²) in [5, 5.41) is 47.7. The maximum Gasteiger partial charge on any atom is 0.225 e. The number of amides is 1. The fourth-order valence-electron chi connectivity index (χ4n) is 8.99. The predicted octanol–water partition coefficient (Wildman–Crippen LogP) is 8.73. The van der Waals surface area contributed by atoms with Crippen LogP contribution in [0.25, 0.3) is 0 Å². The van der Waals surface area contributed by atoms with E-state index in [1.54, 1.807) is 13.0 Å². The number of carbonyl (C=O) groups excluding carboxylic acids is 2. The fraction of sp³-hybridized carbons (Fsp3) is 0.787. The molecule has 0 saturated carbocycles. The summed E-state index contributed by atoms with van der Waals surface area (Å²) in [6.45, 7) is 26.4. The van der Waals surface area contributed by atoms with Gasteiger partial charge in [-0.15, -0.1) is 0 Å². The van der Waals surface area contributed by atoms with Gasteiger partial charge in [0.2, 0.25) is 5.91 Å². The van der Waals surface area contributed by atoms with E-state index in [-0.39, 0.29) is 64.6 Å². The Balaban J connectivity index is 1.92. The van der Waals surface area contributed by atoms with Crippen LogP contribution >= 0.6 is 0 Å². The highest BCUT2D eigenvalue weighted by atomic mass is 16.5. The first-order valence-corrected chi connectivity index (χ1v) is 21.5. The summed E-state index contributed by atoms with van der Waals surface area (Å²) in [7, 11) is 0. The molecule has 0 radical (unpaired) electrons. The van der Waals surface area contributed by atoms with Crippen LogP contribution in [0.5, 0.6) is 0 Å². The van der Waals surface area contributed by atoms with Gasteiger partial charge in [0.1, 0.15) is 11.5 Å². The Kier molecular flexibility index (Phi) is 19.8. The van der Waals surface area contributed by atoms with Gasteiger partial charge in [-0.05, 0) is 81.5 Å². The molecule has 316 valence electrons. The topological polar surface area (TPSA) is 136 Å². The van der Waals surface area contributed by atoms with E-state index in [0.717, 1.165) is 32.1 Å². The minimum absolute atomic E-state index is 0.00477. The van der Waals surface area contributed by atoms with Crippen LogP contribution in [0.2, 0.25) is 0 Å². The summed E-state index contributed by atoms with van der Waals surface area (Å²) in [4.78, 5) is 24.5. The zero-order valence-electron chi connectivity index (χ0n) is 36.8. The first-order valence-electron chi connectivity index (χ1n) is 21.5. The maximum absolute atomic E-state index is 12.9. The van der Waals surface area contributed by atoms with E-state index in [4.69, 9.17) is 4.74 Å². The second-order valence-corrected chi connectivity index (χ2v) is 19.0. The van der Waals surface area contributed by atoms with Gasteiger partial charge in [0.05, 0.1) is 30.5 Å². The number of ether oxygens (including phenoxy) is 1. The first kappa shape index (κ1) is 49.0. The van der Waals surface area contributed by atoms with Crippen LogP contribution in [-0.4, -0.2) is 68.4 Å². The molecule has 2 saturated heterocycles. The lowest BCUT2D eigenvalue weighted by Gasteiger charge is -2.56. The normalized spacial score (nSPS) is 30.9. The lowest BCUT2D eigenvalue weighted by Crippen LogP contribution is -2.71. The molecular weight excluding hydrogens is 691 g/mol. The molecule has 1 spiro atoms. The number of rotatable bonds is 20. The molecule has 2 rings (SSSR count). The van der Waals surface area contributed by atoms with Crippen molar-refractivity contribution < 1.29 is 34.8 Å². The van der Waals surface area contributed by atoms with Crippen molar-refractivity contribution in [2.45, 2.75) is 178 Å². The van der Waals surface area contributed by atoms with E-state index < -0.39 is 30.1 Å². The number of aliphatic hydroxyl groups excluding tert-OH is 4. The van der Waals surface area contributed by atoms with Gasteiger partial charge in [0, 0.05) is 42.4 Å². The number of aliphatic hydroxyl groups is 4. The van der Waals surface area contributed by atoms with Crippen molar-refractivity contribution in [3.8, 4) is 0 Å². The third-order valence-electron chi connectivity index (χ3n) is 13.4. The number of Topliss-reactive ketones (excluding diaryl/α,β-unsaturated/α-hetero) is 1. The van der Waals surface area contributed by atoms with E-state index in [1.807, 2.05) is 39.8 Å². The summed E-state index contributed by atoms with van der Waals surface area (Å²) >= 11 is 0. The Labute approximate surface area is 335 Å². The average Bonchev–Trinajstić information content (AvgIpc) is 3.10. The van der Waals surface area contributed by atoms with Gasteiger partial charge >= 0.3 is 0 Å². The smallest absolute Gasteiger partial charge is 0.225 e. The molecule has 8 nitrogen and oxygen atoms in total. The summed E-state index contributed by atoms with van der Waals surface area (Å²) in [5.41, 5.74) is 0.187. The minimum Gasteiger partial charge on any atom is -0.393 e. The van der Waals surface area contributed by atoms with Crippen molar-refractivity contribution >= 4 is 11.7 Å². The van der Waals surface area contributed by atoms with Crippen molar-refractivity contribution in [3.63, 3.8) is 0 Å². The molecule has 0 aliphatic carbocycles. The lowest BCUT2D eigenvalue weighted by molar-refractivity contribution is -0.267. The maximum atomic E-state index is 12.9. The third-order valence-corrected chi connectivity index (χ3v) is 13.4. The molecule has 0 bridgehead atoms. The van der Waals surface area contributed by atoms with Gasteiger partial charge in [0.15, 0.2) is 0 Å². The Morgan fingerprint density at radius 3 is 2.24 bits per heavy atom. The highest BCUT2D eigenvalue weighted by Gasteiger charge is 2.57. The standard InChI is InChI=1S/C47H81NO7/c1-14-37-27-32(6)47(48-45(37)54)36(10)43(52)35(9)42(55-47)28-41(51)31(5)22-18-15-17-21-30(4)38(29(2)3)23-19-16-20-24-40(50)34(8)44(53)39(46(11,12)13)26-25-33(7)49/h15-17,19-21,24,29,31-32,34-44,50-53H,14,18,22-23,25-28H2,1-13H3,(H,48,54)/b17-15+,19-16+,24-20+,30-21+/t31-,32-,34-,35-,36-,37-,38+,39+,40-,41-,42-,43-,44+,47+/m0/s1. The number of nitrogens with one attached hydrogen (secondary N) is 1. The van der Waals surface area contributed by atoms with Crippen molar-refractivity contribution in [2.75, 3.05) is 0 Å². The van der Waals surface area contributed by atoms with Crippen molar-refractivity contribution in [1.29, 1.82) is 0 Å². The Morgan fingerprint density at radius 2 is 1.65 bits per heavy atom. The van der Waals surface area contributed by atoms with E-state index in [9.17, 15) is 30.0 Å². The molecule has 2 heterocycles. The molecule has 55 heavy (non-hydrogen) atoms. The molecular formula is C47H81NO7. The molecule has 1 amide bonds. The molecule has 2 fully saturated rings. The largest absolute Gasteiger partial charge is 0.393 e. The van der Waals surface area contributed by atoms with Gasteiger partial charge in [-0.25, -0.2) is 0 Å². The highest BCUT2D eigenvalue weighted by molar-refractivity contribution is 5.80. The molecule has 0 unspecified atom stereocenters. The van der Waals surface area contributed by atoms with Crippen molar-refractivity contribution in [1.82, 2.24) is 5.32 Å². The highest BCUT2D eigenvalue weighted by Crippen LogP contribution is 2.46. The van der Waals surface area contributed by atoms with Crippen LogP contribution in [0.4, 0.5) is 0 Å². The number of hydrogen-bond acceptors (Lipinski definition) is 7. The van der Waals surface area contributed by atoms with Crippen LogP contribution in [0.15, 0.2) is 48.1 Å². The molecule has 0 aromatic carbocycles. The Bertz CT molecular complexity index is 1310. The molecule has 2 aliphatic rings. The first-order chi connectivity index (χ1) is 25.6. The number of piperidine rings is 1. The molecule has 0 aromatic rings. The lowest BCUT2D eigenvalue weighted by atomic mass is 9.69. The second-order valence-electron chi connectivity index (χ2n) is 19.0. The SMILES string of the molecule is CC[C@H]1C[C@H](C)[C@@]2(NC1=O)O[C@@H](C[C@H](O)[C@@H](C)CC/C=C/C=C(\C)[C@H](C/C=C/C=C/[C@H](O)[C@H](C)[C@@H](O)[C@@H](CCC(C)=O)C(C)(C)C)C(C)C)[C@H](C)[C@H](O)[C@@H]2C. The summed E-state index contributed by atoms with van der Waals surface area (Å²) in [6.07, 6.45) is 16.5. The zero-order chi connectivity index (χ0) is 41.8. The van der Waals surface area contributed by atoms with Gasteiger partial charge < -0.3 is 35.3 Å². The van der Waals surface area contributed by atoms with E-state index >= 15 is 0 Å². The predicted molar refractivity (Wildman–Crippen MR) is 225 cm³/mol. The summed E-state index contributed by atoms with van der Waals surface area (Å²) in [5.74, 6) is 0.103. The van der Waals surface area contributed by atoms with E-state index in [1.165, 1.54) is 5.57 Å². The number of allylic oxidation sites excluding steroid dienone is 7. The number of ketones is 1. The van der Waals surface area contributed by atoms with Crippen LogP contribution < -0.4 is 5.32 Å². The van der Waals surface area contributed by atoms with Crippen LogP contribution in [0, 0.1) is 58.7 Å². The molecule has 14 atom stereocenters. The van der Waals surface area contributed by atoms with Gasteiger partial charge in [-0.2, -0.15) is 0 Å². The fourth-order valence-corrected chi connectivity index (χ4v) is 8.99. The molecule has 5 N–H and O–H groups in total. The molecule has 0 aromatic heterocycles. The van der Waals surface area contributed by atoms with Crippen LogP contribution in [0.1, 0.15) is 141 Å². The minimum atomic E-state index is -0.921. The van der Waals surface area contributed by atoms with Gasteiger partial charge in [-0.3, -0.25) is 4.79 Å². The molecule has 8 heteroatoms. The van der Waals surface area contributed by atoms with Crippen LogP contribution in [-0.2, 0) is 14.3 Å². The Hall–Kier alpha value is -2.10. The number of hydrogen-bond donors (Lipinski definition) is 5. The van der Waals surface area contributed by atoms with E-state index in [0.29, 0.717) is 31.1 Å². The Morgan fingerprint density at radius 1 is 1.00 bits per heavy atom. The molecule has 2 aliphatic heterocycles. The van der Waals surface area contributed by atoms with E-state index in [2.05, 4.69) is 85.0 Å². The number of carbonyl (C=O) groups is 2. The van der Waals surface area contributed by atoms with Gasteiger partial charge in [-0.1, -0.05) is 124 Å².